The van der Waals surface area contributed by atoms with Crippen molar-refractivity contribution in [2.45, 2.75) is 6.92 Å². The summed E-state index contributed by atoms with van der Waals surface area (Å²) >= 11 is 0. The summed E-state index contributed by atoms with van der Waals surface area (Å²) in [4.78, 5) is 36.3. The summed E-state index contributed by atoms with van der Waals surface area (Å²) < 4.78 is 0. The van der Waals surface area contributed by atoms with E-state index in [1.165, 1.54) is 0 Å². The lowest BCUT2D eigenvalue weighted by Gasteiger charge is -2.27. The Balaban J connectivity index is 0.00000181. The molecule has 7 nitrogen and oxygen atoms in total. The van der Waals surface area contributed by atoms with Gasteiger partial charge in [0.1, 0.15) is 5.69 Å². The second kappa shape index (κ2) is 8.84. The summed E-state index contributed by atoms with van der Waals surface area (Å²) in [6.07, 6.45) is 1.63. The Bertz CT molecular complexity index is 1080. The van der Waals surface area contributed by atoms with Gasteiger partial charge in [-0.15, -0.1) is 0 Å². The zero-order chi connectivity index (χ0) is 20.9. The van der Waals surface area contributed by atoms with Crippen molar-refractivity contribution in [3.8, 4) is 11.3 Å². The van der Waals surface area contributed by atoms with E-state index in [1.807, 2.05) is 53.4 Å². The monoisotopic (exact) mass is 407 g/mol. The Morgan fingerprint density at radius 2 is 1.83 bits per heavy atom. The van der Waals surface area contributed by atoms with Crippen LogP contribution in [0.15, 0.2) is 60.8 Å². The Hall–Kier alpha value is -3.58. The van der Waals surface area contributed by atoms with E-state index in [9.17, 15) is 9.59 Å². The smallest absolute Gasteiger partial charge is 0.276 e. The molecule has 2 aromatic carbocycles. The molecule has 1 saturated heterocycles. The van der Waals surface area contributed by atoms with Crippen LogP contribution in [0.4, 0.5) is 5.69 Å². The molecule has 0 unspecified atom stereocenters. The Morgan fingerprint density at radius 3 is 2.60 bits per heavy atom. The molecule has 1 fully saturated rings. The van der Waals surface area contributed by atoms with Gasteiger partial charge in [0, 0.05) is 47.3 Å². The summed E-state index contributed by atoms with van der Waals surface area (Å²) in [6.45, 7) is 4.74. The largest absolute Gasteiger partial charge is 0.336 e. The molecular weight excluding hydrogens is 378 g/mol. The van der Waals surface area contributed by atoms with Crippen LogP contribution in [0.25, 0.3) is 11.3 Å². The number of anilines is 1. The van der Waals surface area contributed by atoms with Crippen LogP contribution >= 0.6 is 0 Å². The summed E-state index contributed by atoms with van der Waals surface area (Å²) in [5.41, 5.74) is 3.39. The zero-order valence-corrected chi connectivity index (χ0v) is 16.8. The summed E-state index contributed by atoms with van der Waals surface area (Å²) in [5.74, 6) is -0.318. The molecule has 2 N–H and O–H groups in total. The molecule has 30 heavy (non-hydrogen) atoms. The number of aromatic nitrogens is 2. The number of hydrogen-bond acceptors (Lipinski definition) is 5. The van der Waals surface area contributed by atoms with Gasteiger partial charge in [-0.3, -0.25) is 14.6 Å². The lowest BCUT2D eigenvalue weighted by molar-refractivity contribution is 0.0735. The molecule has 1 aliphatic heterocycles. The second-order valence-electron chi connectivity index (χ2n) is 7.13. The molecular formula is C23H29N5O2. The number of amides is 2. The van der Waals surface area contributed by atoms with Crippen molar-refractivity contribution < 1.29 is 13.9 Å². The molecule has 0 radical (unpaired) electrons. The van der Waals surface area contributed by atoms with E-state index in [-0.39, 0.29) is 21.8 Å². The third-order valence-electron chi connectivity index (χ3n) is 5.01. The van der Waals surface area contributed by atoms with Crippen LogP contribution in [0.1, 0.15) is 30.8 Å². The third kappa shape index (κ3) is 4.36. The number of nitrogens with zero attached hydrogens (tertiary/aromatic N) is 3. The van der Waals surface area contributed by atoms with Crippen LogP contribution in [0.3, 0.4) is 0 Å². The number of carbonyl (C=O) groups excluding carboxylic acids is 2. The van der Waals surface area contributed by atoms with Crippen LogP contribution in [0.2, 0.25) is 0 Å². The van der Waals surface area contributed by atoms with Gasteiger partial charge in [-0.05, 0) is 31.2 Å². The lowest BCUT2D eigenvalue weighted by atomic mass is 10.1. The maximum atomic E-state index is 12.8. The Kier molecular flexibility index (Phi) is 5.81. The van der Waals surface area contributed by atoms with E-state index in [0.717, 1.165) is 18.7 Å². The van der Waals surface area contributed by atoms with E-state index in [2.05, 4.69) is 20.6 Å². The van der Waals surface area contributed by atoms with Gasteiger partial charge in [0.15, 0.2) is 0 Å². The number of para-hydroxylation sites is 1. The highest BCUT2D eigenvalue weighted by atomic mass is 16.2. The molecule has 158 valence electrons. The lowest BCUT2D eigenvalue weighted by Crippen LogP contribution is -2.46. The molecule has 7 heteroatoms. The van der Waals surface area contributed by atoms with E-state index in [1.54, 1.807) is 19.2 Å². The van der Waals surface area contributed by atoms with Crippen molar-refractivity contribution >= 4 is 17.5 Å². The van der Waals surface area contributed by atoms with E-state index >= 15 is 0 Å². The Morgan fingerprint density at radius 1 is 1.07 bits per heavy atom. The van der Waals surface area contributed by atoms with Crippen LogP contribution < -0.4 is 10.6 Å². The first kappa shape index (κ1) is 19.7. The predicted molar refractivity (Wildman–Crippen MR) is 122 cm³/mol. The van der Waals surface area contributed by atoms with Gasteiger partial charge >= 0.3 is 0 Å². The van der Waals surface area contributed by atoms with E-state index in [4.69, 9.17) is 0 Å². The fraction of sp³-hybridized carbons (Fsp3) is 0.217. The first-order valence-electron chi connectivity index (χ1n) is 9.92. The van der Waals surface area contributed by atoms with Gasteiger partial charge in [0.25, 0.3) is 11.8 Å². The van der Waals surface area contributed by atoms with Crippen molar-refractivity contribution in [2.24, 2.45) is 0 Å². The molecule has 2 heterocycles. The van der Waals surface area contributed by atoms with Crippen molar-refractivity contribution in [3.05, 3.63) is 77.7 Å². The molecule has 3 aromatic rings. The maximum absolute atomic E-state index is 12.8. The number of nitrogens with one attached hydrogen (secondary N) is 2. The van der Waals surface area contributed by atoms with Gasteiger partial charge in [0.05, 0.1) is 17.6 Å². The summed E-state index contributed by atoms with van der Waals surface area (Å²) in [6, 6.07) is 16.5. The van der Waals surface area contributed by atoms with Gasteiger partial charge < -0.3 is 15.5 Å². The van der Waals surface area contributed by atoms with E-state index in [0.29, 0.717) is 35.7 Å². The maximum Gasteiger partial charge on any atom is 0.276 e. The average molecular weight is 408 g/mol. The number of piperazine rings is 1. The minimum Gasteiger partial charge on any atom is -0.336 e. The molecule has 0 atom stereocenters. The molecule has 4 rings (SSSR count). The SMILES string of the molecule is Cc1ncc(-c2cccc(C(=O)N3CCNCC3)c2)nc1C(=O)Nc1ccccc1.[HH].[HH].[HH]. The van der Waals surface area contributed by atoms with Crippen molar-refractivity contribution in [2.75, 3.05) is 31.5 Å². The molecule has 1 aliphatic rings. The first-order valence-corrected chi connectivity index (χ1v) is 9.92. The number of benzene rings is 2. The highest BCUT2D eigenvalue weighted by molar-refractivity contribution is 6.03. The number of aryl methyl sites for hydroxylation is 1. The predicted octanol–water partition coefficient (Wildman–Crippen LogP) is 3.49. The quantitative estimate of drug-likeness (QED) is 0.691. The molecule has 0 bridgehead atoms. The highest BCUT2D eigenvalue weighted by Crippen LogP contribution is 2.21. The van der Waals surface area contributed by atoms with Crippen LogP contribution in [0.5, 0.6) is 0 Å². The molecule has 0 saturated carbocycles. The first-order chi connectivity index (χ1) is 14.6. The molecule has 2 amide bonds. The Labute approximate surface area is 179 Å². The van der Waals surface area contributed by atoms with Gasteiger partial charge in [-0.1, -0.05) is 30.3 Å². The average Bonchev–Trinajstić information content (AvgIpc) is 2.80. The second-order valence-corrected chi connectivity index (χ2v) is 7.13. The van der Waals surface area contributed by atoms with Gasteiger partial charge in [0.2, 0.25) is 0 Å². The van der Waals surface area contributed by atoms with Crippen LogP contribution in [-0.2, 0) is 0 Å². The van der Waals surface area contributed by atoms with Crippen molar-refractivity contribution in [1.82, 2.24) is 20.2 Å². The van der Waals surface area contributed by atoms with Crippen molar-refractivity contribution in [3.63, 3.8) is 0 Å². The minimum atomic E-state index is -0.318. The molecule has 0 aliphatic carbocycles. The summed E-state index contributed by atoms with van der Waals surface area (Å²) in [5, 5.41) is 6.09. The number of carbonyl (C=O) groups is 2. The minimum absolute atomic E-state index is 0. The molecule has 0 spiro atoms. The normalized spacial score (nSPS) is 13.7. The topological polar surface area (TPSA) is 87.2 Å². The van der Waals surface area contributed by atoms with E-state index < -0.39 is 0 Å². The number of hydrogen-bond donors (Lipinski definition) is 2. The standard InChI is InChI=1S/C23H23N5O2.3H2/c1-16-21(22(29)26-19-8-3-2-4-9-19)27-20(15-25-16)17-6-5-7-18(14-17)23(30)28-12-10-24-11-13-28;;;/h2-9,14-15,24H,10-13H2,1H3,(H,26,29);3*1H. The fourth-order valence-electron chi connectivity index (χ4n) is 3.38. The third-order valence-corrected chi connectivity index (χ3v) is 5.01. The molecule has 1 aromatic heterocycles. The zero-order valence-electron chi connectivity index (χ0n) is 16.8. The highest BCUT2D eigenvalue weighted by Gasteiger charge is 2.19. The van der Waals surface area contributed by atoms with Gasteiger partial charge in [-0.2, -0.15) is 0 Å². The number of rotatable bonds is 4. The van der Waals surface area contributed by atoms with Crippen LogP contribution in [-0.4, -0.2) is 52.9 Å². The van der Waals surface area contributed by atoms with Crippen molar-refractivity contribution in [1.29, 1.82) is 0 Å². The fourth-order valence-corrected chi connectivity index (χ4v) is 3.38. The summed E-state index contributed by atoms with van der Waals surface area (Å²) in [7, 11) is 0. The van der Waals surface area contributed by atoms with Gasteiger partial charge in [-0.25, -0.2) is 4.98 Å². The van der Waals surface area contributed by atoms with Crippen LogP contribution in [0, 0.1) is 6.92 Å².